The quantitative estimate of drug-likeness (QED) is 0.807. The molecule has 1 unspecified atom stereocenters. The standard InChI is InChI=1S/C19H26N4O2/c1-25-18-7-3-2-5-15(18)8-10-20-19(24)14-23-12-4-6-16(13-23)17-9-11-21-22-17/h2-3,5,7,9,11,16H,4,6,8,10,12-14H2,1H3,(H,20,24)(H,21,22). The number of hydrogen-bond acceptors (Lipinski definition) is 4. The molecule has 134 valence electrons. The van der Waals surface area contributed by atoms with Crippen molar-refractivity contribution in [1.29, 1.82) is 0 Å². The second kappa shape index (κ2) is 8.67. The number of likely N-dealkylation sites (tertiary alicyclic amines) is 1. The number of amides is 1. The maximum Gasteiger partial charge on any atom is 0.234 e. The van der Waals surface area contributed by atoms with Crippen LogP contribution in [0.2, 0.25) is 0 Å². The molecule has 2 heterocycles. The Hall–Kier alpha value is -2.34. The van der Waals surface area contributed by atoms with E-state index < -0.39 is 0 Å². The summed E-state index contributed by atoms with van der Waals surface area (Å²) in [5, 5.41) is 10.1. The number of carbonyl (C=O) groups is 1. The highest BCUT2D eigenvalue weighted by atomic mass is 16.5. The fourth-order valence-corrected chi connectivity index (χ4v) is 3.45. The molecule has 1 aromatic heterocycles. The van der Waals surface area contributed by atoms with Crippen LogP contribution in [0.3, 0.4) is 0 Å². The molecule has 1 atom stereocenters. The summed E-state index contributed by atoms with van der Waals surface area (Å²) < 4.78 is 5.34. The van der Waals surface area contributed by atoms with Crippen LogP contribution in [0.4, 0.5) is 0 Å². The highest BCUT2D eigenvalue weighted by Crippen LogP contribution is 2.24. The van der Waals surface area contributed by atoms with E-state index >= 15 is 0 Å². The van der Waals surface area contributed by atoms with E-state index in [4.69, 9.17) is 4.74 Å². The lowest BCUT2D eigenvalue weighted by atomic mass is 9.95. The molecule has 25 heavy (non-hydrogen) atoms. The predicted octanol–water partition coefficient (Wildman–Crippen LogP) is 1.96. The highest BCUT2D eigenvalue weighted by Gasteiger charge is 2.23. The van der Waals surface area contributed by atoms with E-state index in [9.17, 15) is 4.79 Å². The van der Waals surface area contributed by atoms with Crippen LogP contribution in [-0.4, -0.2) is 54.3 Å². The van der Waals surface area contributed by atoms with Gasteiger partial charge in [-0.1, -0.05) is 18.2 Å². The number of methoxy groups -OCH3 is 1. The number of carbonyl (C=O) groups excluding carboxylic acids is 1. The Kier molecular flexibility index (Phi) is 6.06. The second-order valence-electron chi connectivity index (χ2n) is 6.50. The Morgan fingerprint density at radius 1 is 1.40 bits per heavy atom. The van der Waals surface area contributed by atoms with Crippen molar-refractivity contribution >= 4 is 5.91 Å². The van der Waals surface area contributed by atoms with Gasteiger partial charge in [0, 0.05) is 30.9 Å². The van der Waals surface area contributed by atoms with Crippen LogP contribution in [0.1, 0.15) is 30.0 Å². The van der Waals surface area contributed by atoms with E-state index in [0.29, 0.717) is 19.0 Å². The lowest BCUT2D eigenvalue weighted by Crippen LogP contribution is -2.42. The molecule has 1 aromatic carbocycles. The average Bonchev–Trinajstić information content (AvgIpc) is 3.17. The van der Waals surface area contributed by atoms with Gasteiger partial charge in [0.25, 0.3) is 0 Å². The normalized spacial score (nSPS) is 18.0. The third-order valence-corrected chi connectivity index (χ3v) is 4.74. The molecule has 6 nitrogen and oxygen atoms in total. The minimum Gasteiger partial charge on any atom is -0.496 e. The molecule has 1 aliphatic rings. The van der Waals surface area contributed by atoms with Crippen molar-refractivity contribution in [2.24, 2.45) is 0 Å². The summed E-state index contributed by atoms with van der Waals surface area (Å²) in [7, 11) is 1.67. The Bertz CT molecular complexity index is 672. The van der Waals surface area contributed by atoms with Crippen LogP contribution >= 0.6 is 0 Å². The van der Waals surface area contributed by atoms with Crippen molar-refractivity contribution < 1.29 is 9.53 Å². The summed E-state index contributed by atoms with van der Waals surface area (Å²) in [6, 6.07) is 9.95. The summed E-state index contributed by atoms with van der Waals surface area (Å²) in [5.74, 6) is 1.40. The summed E-state index contributed by atoms with van der Waals surface area (Å²) in [6.07, 6.45) is 4.82. The third kappa shape index (κ3) is 4.82. The summed E-state index contributed by atoms with van der Waals surface area (Å²) in [5.41, 5.74) is 2.28. The number of rotatable bonds is 7. The van der Waals surface area contributed by atoms with E-state index in [1.165, 1.54) is 5.69 Å². The zero-order valence-corrected chi connectivity index (χ0v) is 14.7. The van der Waals surface area contributed by atoms with Crippen LogP contribution in [-0.2, 0) is 11.2 Å². The first-order valence-corrected chi connectivity index (χ1v) is 8.86. The number of aromatic nitrogens is 2. The molecule has 0 aliphatic carbocycles. The van der Waals surface area contributed by atoms with E-state index in [1.54, 1.807) is 13.3 Å². The van der Waals surface area contributed by atoms with Crippen molar-refractivity contribution in [2.45, 2.75) is 25.2 Å². The largest absolute Gasteiger partial charge is 0.496 e. The van der Waals surface area contributed by atoms with Gasteiger partial charge in [0.2, 0.25) is 5.91 Å². The minimum atomic E-state index is 0.0835. The lowest BCUT2D eigenvalue weighted by Gasteiger charge is -2.31. The van der Waals surface area contributed by atoms with Crippen LogP contribution in [0.15, 0.2) is 36.5 Å². The maximum absolute atomic E-state index is 12.2. The van der Waals surface area contributed by atoms with Crippen LogP contribution in [0.25, 0.3) is 0 Å². The molecule has 1 saturated heterocycles. The Balaban J connectivity index is 1.43. The van der Waals surface area contributed by atoms with E-state index in [-0.39, 0.29) is 5.91 Å². The van der Waals surface area contributed by atoms with Crippen molar-refractivity contribution in [3.63, 3.8) is 0 Å². The van der Waals surface area contributed by atoms with Gasteiger partial charge in [0.1, 0.15) is 5.75 Å². The molecule has 2 aromatic rings. The van der Waals surface area contributed by atoms with Crippen molar-refractivity contribution in [3.05, 3.63) is 47.8 Å². The smallest absolute Gasteiger partial charge is 0.234 e. The SMILES string of the molecule is COc1ccccc1CCNC(=O)CN1CCCC(c2ccn[nH]2)C1. The highest BCUT2D eigenvalue weighted by molar-refractivity contribution is 5.78. The molecular weight excluding hydrogens is 316 g/mol. The summed E-state index contributed by atoms with van der Waals surface area (Å²) in [4.78, 5) is 14.5. The van der Waals surface area contributed by atoms with Gasteiger partial charge in [-0.3, -0.25) is 14.8 Å². The molecule has 1 amide bonds. The molecule has 1 fully saturated rings. The fourth-order valence-electron chi connectivity index (χ4n) is 3.45. The molecule has 0 spiro atoms. The first-order valence-electron chi connectivity index (χ1n) is 8.86. The molecule has 0 bridgehead atoms. The molecule has 6 heteroatoms. The summed E-state index contributed by atoms with van der Waals surface area (Å²) in [6.45, 7) is 2.96. The molecular formula is C19H26N4O2. The molecule has 2 N–H and O–H groups in total. The van der Waals surface area contributed by atoms with E-state index in [1.807, 2.05) is 30.3 Å². The number of ether oxygens (including phenoxy) is 1. The molecule has 1 aliphatic heterocycles. The first kappa shape index (κ1) is 17.5. The van der Waals surface area contributed by atoms with E-state index in [2.05, 4.69) is 20.4 Å². The number of benzene rings is 1. The number of piperidine rings is 1. The zero-order valence-electron chi connectivity index (χ0n) is 14.7. The Labute approximate surface area is 148 Å². The van der Waals surface area contributed by atoms with Crippen LogP contribution < -0.4 is 10.1 Å². The average molecular weight is 342 g/mol. The van der Waals surface area contributed by atoms with Gasteiger partial charge in [-0.2, -0.15) is 5.10 Å². The monoisotopic (exact) mass is 342 g/mol. The zero-order chi connectivity index (χ0) is 17.5. The maximum atomic E-state index is 12.2. The topological polar surface area (TPSA) is 70.2 Å². The molecule has 3 rings (SSSR count). The van der Waals surface area contributed by atoms with Gasteiger partial charge < -0.3 is 10.1 Å². The van der Waals surface area contributed by atoms with Crippen molar-refractivity contribution in [3.8, 4) is 5.75 Å². The third-order valence-electron chi connectivity index (χ3n) is 4.74. The number of para-hydroxylation sites is 1. The van der Waals surface area contributed by atoms with E-state index in [0.717, 1.165) is 43.7 Å². The van der Waals surface area contributed by atoms with Gasteiger partial charge in [-0.05, 0) is 43.5 Å². The van der Waals surface area contributed by atoms with Crippen molar-refractivity contribution in [1.82, 2.24) is 20.4 Å². The Morgan fingerprint density at radius 2 is 2.28 bits per heavy atom. The molecule has 0 saturated carbocycles. The lowest BCUT2D eigenvalue weighted by molar-refractivity contribution is -0.122. The number of hydrogen-bond donors (Lipinski definition) is 2. The fraction of sp³-hybridized carbons (Fsp3) is 0.474. The van der Waals surface area contributed by atoms with Gasteiger partial charge in [-0.15, -0.1) is 0 Å². The summed E-state index contributed by atoms with van der Waals surface area (Å²) >= 11 is 0. The van der Waals surface area contributed by atoms with Gasteiger partial charge in [0.15, 0.2) is 0 Å². The van der Waals surface area contributed by atoms with Gasteiger partial charge >= 0.3 is 0 Å². The van der Waals surface area contributed by atoms with Gasteiger partial charge in [0.05, 0.1) is 13.7 Å². The first-order chi connectivity index (χ1) is 12.3. The Morgan fingerprint density at radius 3 is 3.08 bits per heavy atom. The number of H-pyrrole nitrogens is 1. The minimum absolute atomic E-state index is 0.0835. The molecule has 0 radical (unpaired) electrons. The van der Waals surface area contributed by atoms with Crippen LogP contribution in [0, 0.1) is 0 Å². The number of nitrogens with zero attached hydrogens (tertiary/aromatic N) is 2. The van der Waals surface area contributed by atoms with Crippen LogP contribution in [0.5, 0.6) is 5.75 Å². The van der Waals surface area contributed by atoms with Crippen molar-refractivity contribution in [2.75, 3.05) is 33.3 Å². The second-order valence-corrected chi connectivity index (χ2v) is 6.50. The number of nitrogens with one attached hydrogen (secondary N) is 2. The van der Waals surface area contributed by atoms with Gasteiger partial charge in [-0.25, -0.2) is 0 Å². The number of aromatic amines is 1. The predicted molar refractivity (Wildman–Crippen MR) is 96.7 cm³/mol.